The molecule has 0 atom stereocenters. The minimum atomic E-state index is 0.156. The van der Waals surface area contributed by atoms with E-state index in [1.165, 1.54) is 49.8 Å². The van der Waals surface area contributed by atoms with E-state index >= 15 is 0 Å². The Bertz CT molecular complexity index is 628. The lowest BCUT2D eigenvalue weighted by molar-refractivity contribution is -0.121. The lowest BCUT2D eigenvalue weighted by Crippen LogP contribution is -2.26. The van der Waals surface area contributed by atoms with Gasteiger partial charge >= 0.3 is 0 Å². The zero-order valence-electron chi connectivity index (χ0n) is 13.8. The summed E-state index contributed by atoms with van der Waals surface area (Å²) in [6.45, 7) is 5.26. The first-order chi connectivity index (χ1) is 11.3. The van der Waals surface area contributed by atoms with E-state index in [9.17, 15) is 4.79 Å². The van der Waals surface area contributed by atoms with Gasteiger partial charge in [-0.05, 0) is 62.8 Å². The van der Waals surface area contributed by atoms with Crippen LogP contribution in [0.25, 0.3) is 10.9 Å². The van der Waals surface area contributed by atoms with E-state index in [1.807, 2.05) is 12.1 Å². The topological polar surface area (TPSA) is 37.3 Å². The summed E-state index contributed by atoms with van der Waals surface area (Å²) in [5, 5.41) is 4.28. The molecule has 0 spiro atoms. The first-order valence-electron chi connectivity index (χ1n) is 8.86. The molecular formula is C19H27N3O. The van der Waals surface area contributed by atoms with Gasteiger partial charge in [-0.15, -0.1) is 0 Å². The van der Waals surface area contributed by atoms with E-state index < -0.39 is 0 Å². The van der Waals surface area contributed by atoms with Crippen molar-refractivity contribution in [2.75, 3.05) is 26.2 Å². The average Bonchev–Trinajstić information content (AvgIpc) is 3.22. The molecular weight excluding hydrogens is 286 g/mol. The number of amides is 1. The summed E-state index contributed by atoms with van der Waals surface area (Å²) in [7, 11) is 0. The van der Waals surface area contributed by atoms with Crippen LogP contribution >= 0.6 is 0 Å². The Morgan fingerprint density at radius 1 is 1.04 bits per heavy atom. The summed E-state index contributed by atoms with van der Waals surface area (Å²) in [6, 6.07) is 10.4. The normalized spacial score (nSPS) is 15.3. The molecule has 1 aliphatic rings. The summed E-state index contributed by atoms with van der Waals surface area (Å²) in [6.07, 6.45) is 7.58. The second-order valence-corrected chi connectivity index (χ2v) is 6.42. The molecule has 23 heavy (non-hydrogen) atoms. The predicted octanol–water partition coefficient (Wildman–Crippen LogP) is 3.02. The van der Waals surface area contributed by atoms with Crippen LogP contribution in [0.5, 0.6) is 0 Å². The number of likely N-dealkylation sites (tertiary alicyclic amines) is 1. The third-order valence-electron chi connectivity index (χ3n) is 4.68. The molecule has 124 valence electrons. The number of benzene rings is 1. The van der Waals surface area contributed by atoms with Crippen molar-refractivity contribution >= 4 is 16.8 Å². The van der Waals surface area contributed by atoms with Crippen LogP contribution in [0.15, 0.2) is 36.5 Å². The molecule has 0 unspecified atom stereocenters. The van der Waals surface area contributed by atoms with Gasteiger partial charge in [-0.25, -0.2) is 0 Å². The van der Waals surface area contributed by atoms with Crippen LogP contribution in [0.3, 0.4) is 0 Å². The van der Waals surface area contributed by atoms with Crippen molar-refractivity contribution in [3.8, 4) is 0 Å². The number of aryl methyl sites for hydroxylation is 1. The highest BCUT2D eigenvalue weighted by atomic mass is 16.1. The summed E-state index contributed by atoms with van der Waals surface area (Å²) >= 11 is 0. The van der Waals surface area contributed by atoms with Gasteiger partial charge in [0.25, 0.3) is 0 Å². The first kappa shape index (κ1) is 16.1. The Kier molecular flexibility index (Phi) is 5.70. The van der Waals surface area contributed by atoms with Crippen molar-refractivity contribution in [2.45, 2.75) is 38.6 Å². The second-order valence-electron chi connectivity index (χ2n) is 6.42. The number of aromatic nitrogens is 1. The maximum atomic E-state index is 12.0. The summed E-state index contributed by atoms with van der Waals surface area (Å²) in [5.41, 5.74) is 1.20. The number of rotatable bonds is 8. The summed E-state index contributed by atoms with van der Waals surface area (Å²) in [4.78, 5) is 14.5. The van der Waals surface area contributed by atoms with Crippen LogP contribution in [-0.2, 0) is 11.3 Å². The first-order valence-corrected chi connectivity index (χ1v) is 8.86. The number of para-hydroxylation sites is 1. The molecule has 4 nitrogen and oxygen atoms in total. The molecule has 0 aliphatic carbocycles. The Balaban J connectivity index is 1.32. The minimum absolute atomic E-state index is 0.156. The molecule has 4 heteroatoms. The molecule has 2 heterocycles. The van der Waals surface area contributed by atoms with Gasteiger partial charge in [0.05, 0.1) is 0 Å². The molecule has 3 rings (SSSR count). The minimum Gasteiger partial charge on any atom is -0.356 e. The van der Waals surface area contributed by atoms with Crippen LogP contribution < -0.4 is 5.32 Å². The zero-order chi connectivity index (χ0) is 15.9. The SMILES string of the molecule is O=C(CCn1ccc2ccccc21)NCCCCN1CCCC1. The molecule has 1 saturated heterocycles. The van der Waals surface area contributed by atoms with Crippen molar-refractivity contribution in [3.63, 3.8) is 0 Å². The monoisotopic (exact) mass is 313 g/mol. The molecule has 2 aromatic rings. The highest BCUT2D eigenvalue weighted by molar-refractivity contribution is 5.80. The molecule has 1 aromatic heterocycles. The number of carbonyl (C=O) groups excluding carboxylic acids is 1. The Morgan fingerprint density at radius 2 is 1.87 bits per heavy atom. The number of fused-ring (bicyclic) bond motifs is 1. The number of nitrogens with one attached hydrogen (secondary N) is 1. The molecule has 0 saturated carbocycles. The van der Waals surface area contributed by atoms with Gasteiger partial charge in [-0.2, -0.15) is 0 Å². The molecule has 1 aliphatic heterocycles. The zero-order valence-corrected chi connectivity index (χ0v) is 13.8. The molecule has 1 fully saturated rings. The molecule has 1 N–H and O–H groups in total. The van der Waals surface area contributed by atoms with Crippen molar-refractivity contribution in [2.24, 2.45) is 0 Å². The standard InChI is InChI=1S/C19H27N3O/c23-19(20-11-3-4-12-21-13-5-6-14-21)10-16-22-15-9-17-7-1-2-8-18(17)22/h1-2,7-9,15H,3-6,10-14,16H2,(H,20,23). The number of carbonyl (C=O) groups is 1. The quantitative estimate of drug-likeness (QED) is 0.761. The largest absolute Gasteiger partial charge is 0.356 e. The number of unbranched alkanes of at least 4 members (excludes halogenated alkanes) is 1. The number of nitrogens with zero attached hydrogens (tertiary/aromatic N) is 2. The fraction of sp³-hybridized carbons (Fsp3) is 0.526. The summed E-state index contributed by atoms with van der Waals surface area (Å²) in [5.74, 6) is 0.156. The molecule has 1 aromatic carbocycles. The van der Waals surface area contributed by atoms with E-state index in [2.05, 4.69) is 39.2 Å². The highest BCUT2D eigenvalue weighted by Crippen LogP contribution is 2.15. The van der Waals surface area contributed by atoms with Crippen LogP contribution in [0.4, 0.5) is 0 Å². The summed E-state index contributed by atoms with van der Waals surface area (Å²) < 4.78 is 2.16. The lowest BCUT2D eigenvalue weighted by Gasteiger charge is -2.14. The van der Waals surface area contributed by atoms with E-state index in [-0.39, 0.29) is 5.91 Å². The van der Waals surface area contributed by atoms with Crippen molar-refractivity contribution < 1.29 is 4.79 Å². The van der Waals surface area contributed by atoms with E-state index in [4.69, 9.17) is 0 Å². The maximum Gasteiger partial charge on any atom is 0.221 e. The number of hydrogen-bond donors (Lipinski definition) is 1. The average molecular weight is 313 g/mol. The molecule has 0 radical (unpaired) electrons. The maximum absolute atomic E-state index is 12.0. The molecule has 0 bridgehead atoms. The van der Waals surface area contributed by atoms with Gasteiger partial charge < -0.3 is 14.8 Å². The van der Waals surface area contributed by atoms with E-state index in [0.29, 0.717) is 6.42 Å². The van der Waals surface area contributed by atoms with Gasteiger partial charge in [0.1, 0.15) is 0 Å². The van der Waals surface area contributed by atoms with Gasteiger partial charge in [0, 0.05) is 31.2 Å². The third kappa shape index (κ3) is 4.58. The van der Waals surface area contributed by atoms with Crippen LogP contribution in [0, 0.1) is 0 Å². The predicted molar refractivity (Wildman–Crippen MR) is 94.5 cm³/mol. The Labute approximate surface area is 138 Å². The second kappa shape index (κ2) is 8.16. The molecule has 1 amide bonds. The van der Waals surface area contributed by atoms with Gasteiger partial charge in [-0.1, -0.05) is 18.2 Å². The number of hydrogen-bond acceptors (Lipinski definition) is 2. The smallest absolute Gasteiger partial charge is 0.221 e. The van der Waals surface area contributed by atoms with Crippen LogP contribution in [0.1, 0.15) is 32.1 Å². The highest BCUT2D eigenvalue weighted by Gasteiger charge is 2.10. The Morgan fingerprint density at radius 3 is 2.74 bits per heavy atom. The lowest BCUT2D eigenvalue weighted by atomic mass is 10.2. The Hall–Kier alpha value is -1.81. The third-order valence-corrected chi connectivity index (χ3v) is 4.68. The van der Waals surface area contributed by atoms with Crippen molar-refractivity contribution in [1.29, 1.82) is 0 Å². The van der Waals surface area contributed by atoms with Crippen molar-refractivity contribution in [1.82, 2.24) is 14.8 Å². The fourth-order valence-corrected chi connectivity index (χ4v) is 3.34. The van der Waals surface area contributed by atoms with Crippen LogP contribution in [-0.4, -0.2) is 41.6 Å². The van der Waals surface area contributed by atoms with E-state index in [1.54, 1.807) is 0 Å². The van der Waals surface area contributed by atoms with Gasteiger partial charge in [0.2, 0.25) is 5.91 Å². The van der Waals surface area contributed by atoms with E-state index in [0.717, 1.165) is 19.5 Å². The van der Waals surface area contributed by atoms with Gasteiger partial charge in [0.15, 0.2) is 0 Å². The van der Waals surface area contributed by atoms with Crippen LogP contribution in [0.2, 0.25) is 0 Å². The van der Waals surface area contributed by atoms with Crippen molar-refractivity contribution in [3.05, 3.63) is 36.5 Å². The fourth-order valence-electron chi connectivity index (χ4n) is 3.34. The van der Waals surface area contributed by atoms with Gasteiger partial charge in [-0.3, -0.25) is 4.79 Å².